The number of likely N-dealkylation sites (tertiary alicyclic amines) is 1. The van der Waals surface area contributed by atoms with Gasteiger partial charge in [0.1, 0.15) is 6.54 Å². The molecule has 0 saturated carbocycles. The first-order chi connectivity index (χ1) is 19.9. The van der Waals surface area contributed by atoms with Crippen molar-refractivity contribution in [3.63, 3.8) is 0 Å². The molecule has 3 amide bonds. The number of carboxylic acid groups (broad SMARTS) is 1. The van der Waals surface area contributed by atoms with Crippen LogP contribution in [0.4, 0.5) is 18.9 Å². The molecule has 0 aromatic heterocycles. The van der Waals surface area contributed by atoms with E-state index in [-0.39, 0.29) is 30.3 Å². The fourth-order valence-corrected chi connectivity index (χ4v) is 4.82. The number of carbonyl (C=O) groups is 4. The predicted molar refractivity (Wildman–Crippen MR) is 150 cm³/mol. The number of hydrogen-bond donors (Lipinski definition) is 3. The standard InChI is InChI=1S/C27H35N5O3.C2HF3O2/c1-21(33)29-24-9-7-23(8-10-24)27(35)32(20-26(34)31-17-13-28-14-18-31)25-11-15-30(16-12-25)19-22-5-3-2-4-6-22;3-2(4,5)1(6)7/h2-10,25,28H,11-20H2,1H3,(H,29,33);(H,6,7). The van der Waals surface area contributed by atoms with Gasteiger partial charge in [0.2, 0.25) is 11.8 Å². The Balaban J connectivity index is 0.000000616. The molecule has 0 spiro atoms. The van der Waals surface area contributed by atoms with Gasteiger partial charge < -0.3 is 25.5 Å². The fourth-order valence-electron chi connectivity index (χ4n) is 4.82. The van der Waals surface area contributed by atoms with E-state index in [0.717, 1.165) is 45.6 Å². The summed E-state index contributed by atoms with van der Waals surface area (Å²) in [6.07, 6.45) is -3.42. The molecule has 2 aromatic rings. The lowest BCUT2D eigenvalue weighted by atomic mass is 10.0. The van der Waals surface area contributed by atoms with Crippen molar-refractivity contribution in [3.05, 3.63) is 65.7 Å². The molecule has 0 bridgehead atoms. The second-order valence-corrected chi connectivity index (χ2v) is 10.1. The van der Waals surface area contributed by atoms with Crippen LogP contribution in [0.3, 0.4) is 0 Å². The van der Waals surface area contributed by atoms with Crippen molar-refractivity contribution < 1.29 is 37.5 Å². The largest absolute Gasteiger partial charge is 0.490 e. The molecule has 13 heteroatoms. The molecule has 2 heterocycles. The molecule has 2 saturated heterocycles. The summed E-state index contributed by atoms with van der Waals surface area (Å²) >= 11 is 0. The maximum atomic E-state index is 13.6. The van der Waals surface area contributed by atoms with Gasteiger partial charge in [-0.15, -0.1) is 0 Å². The number of piperazine rings is 1. The molecule has 0 unspecified atom stereocenters. The SMILES string of the molecule is CC(=O)Nc1ccc(C(=O)N(CC(=O)N2CCNCC2)C2CCN(Cc3ccccc3)CC2)cc1.O=C(O)C(F)(F)F. The lowest BCUT2D eigenvalue weighted by molar-refractivity contribution is -0.192. The maximum Gasteiger partial charge on any atom is 0.490 e. The van der Waals surface area contributed by atoms with Crippen molar-refractivity contribution in [1.29, 1.82) is 0 Å². The van der Waals surface area contributed by atoms with E-state index in [4.69, 9.17) is 9.90 Å². The number of alkyl halides is 3. The van der Waals surface area contributed by atoms with E-state index >= 15 is 0 Å². The summed E-state index contributed by atoms with van der Waals surface area (Å²) < 4.78 is 31.7. The molecule has 10 nitrogen and oxygen atoms in total. The number of aliphatic carboxylic acids is 1. The fraction of sp³-hybridized carbons (Fsp3) is 0.448. The molecular formula is C29H36F3N5O5. The van der Waals surface area contributed by atoms with Gasteiger partial charge in [0.25, 0.3) is 5.91 Å². The second-order valence-electron chi connectivity index (χ2n) is 10.1. The van der Waals surface area contributed by atoms with Crippen LogP contribution in [0.25, 0.3) is 0 Å². The van der Waals surface area contributed by atoms with Gasteiger partial charge in [0.05, 0.1) is 0 Å². The van der Waals surface area contributed by atoms with Crippen LogP contribution in [-0.4, -0.2) is 102 Å². The number of halogens is 3. The molecule has 2 fully saturated rings. The van der Waals surface area contributed by atoms with Gasteiger partial charge in [0, 0.05) is 70.0 Å². The summed E-state index contributed by atoms with van der Waals surface area (Å²) in [6.45, 7) is 7.10. The van der Waals surface area contributed by atoms with Gasteiger partial charge in [-0.2, -0.15) is 13.2 Å². The third-order valence-electron chi connectivity index (χ3n) is 6.98. The van der Waals surface area contributed by atoms with E-state index < -0.39 is 12.1 Å². The van der Waals surface area contributed by atoms with E-state index in [0.29, 0.717) is 24.3 Å². The van der Waals surface area contributed by atoms with Crippen LogP contribution in [0.5, 0.6) is 0 Å². The number of nitrogens with one attached hydrogen (secondary N) is 2. The van der Waals surface area contributed by atoms with Crippen LogP contribution in [-0.2, 0) is 20.9 Å². The predicted octanol–water partition coefficient (Wildman–Crippen LogP) is 2.82. The summed E-state index contributed by atoms with van der Waals surface area (Å²) in [5.74, 6) is -3.05. The van der Waals surface area contributed by atoms with Crippen molar-refractivity contribution in [2.75, 3.05) is 51.1 Å². The van der Waals surface area contributed by atoms with Gasteiger partial charge in [-0.1, -0.05) is 30.3 Å². The molecule has 2 aliphatic heterocycles. The molecule has 2 aromatic carbocycles. The molecule has 228 valence electrons. The van der Waals surface area contributed by atoms with Crippen LogP contribution >= 0.6 is 0 Å². The number of amides is 3. The highest BCUT2D eigenvalue weighted by Gasteiger charge is 2.38. The highest BCUT2D eigenvalue weighted by molar-refractivity contribution is 5.97. The Morgan fingerprint density at radius 2 is 1.52 bits per heavy atom. The summed E-state index contributed by atoms with van der Waals surface area (Å²) in [4.78, 5) is 53.0. The van der Waals surface area contributed by atoms with Gasteiger partial charge in [-0.25, -0.2) is 4.79 Å². The highest BCUT2D eigenvalue weighted by Crippen LogP contribution is 2.22. The smallest absolute Gasteiger partial charge is 0.475 e. The molecule has 3 N–H and O–H groups in total. The number of benzene rings is 2. The van der Waals surface area contributed by atoms with E-state index in [1.165, 1.54) is 12.5 Å². The number of anilines is 1. The van der Waals surface area contributed by atoms with Crippen molar-refractivity contribution in [1.82, 2.24) is 20.0 Å². The molecule has 0 radical (unpaired) electrons. The number of rotatable bonds is 7. The zero-order chi connectivity index (χ0) is 30.7. The van der Waals surface area contributed by atoms with Crippen molar-refractivity contribution in [2.45, 2.75) is 38.5 Å². The molecule has 2 aliphatic rings. The first-order valence-electron chi connectivity index (χ1n) is 13.7. The van der Waals surface area contributed by atoms with Gasteiger partial charge in [-0.3, -0.25) is 19.3 Å². The Morgan fingerprint density at radius 1 is 0.952 bits per heavy atom. The minimum Gasteiger partial charge on any atom is -0.475 e. The Morgan fingerprint density at radius 3 is 2.05 bits per heavy atom. The average molecular weight is 592 g/mol. The van der Waals surface area contributed by atoms with Crippen LogP contribution in [0.1, 0.15) is 35.7 Å². The Kier molecular flexibility index (Phi) is 11.9. The first kappa shape index (κ1) is 32.5. The molecule has 4 rings (SSSR count). The van der Waals surface area contributed by atoms with Crippen LogP contribution < -0.4 is 10.6 Å². The lowest BCUT2D eigenvalue weighted by Gasteiger charge is -2.39. The summed E-state index contributed by atoms with van der Waals surface area (Å²) in [5.41, 5.74) is 2.46. The first-order valence-corrected chi connectivity index (χ1v) is 13.7. The third-order valence-corrected chi connectivity index (χ3v) is 6.98. The maximum absolute atomic E-state index is 13.6. The number of piperidine rings is 1. The summed E-state index contributed by atoms with van der Waals surface area (Å²) in [6, 6.07) is 17.3. The van der Waals surface area contributed by atoms with E-state index in [1.54, 1.807) is 29.2 Å². The molecule has 0 atom stereocenters. The lowest BCUT2D eigenvalue weighted by Crippen LogP contribution is -2.54. The van der Waals surface area contributed by atoms with E-state index in [1.807, 2.05) is 11.0 Å². The van der Waals surface area contributed by atoms with Crippen molar-refractivity contribution in [3.8, 4) is 0 Å². The zero-order valence-electron chi connectivity index (χ0n) is 23.4. The molecular weight excluding hydrogens is 555 g/mol. The van der Waals surface area contributed by atoms with Gasteiger partial charge in [0.15, 0.2) is 0 Å². The minimum atomic E-state index is -5.08. The van der Waals surface area contributed by atoms with Gasteiger partial charge >= 0.3 is 12.1 Å². The van der Waals surface area contributed by atoms with Crippen LogP contribution in [0.15, 0.2) is 54.6 Å². The van der Waals surface area contributed by atoms with E-state index in [9.17, 15) is 27.6 Å². The van der Waals surface area contributed by atoms with Crippen LogP contribution in [0.2, 0.25) is 0 Å². The quantitative estimate of drug-likeness (QED) is 0.453. The van der Waals surface area contributed by atoms with Gasteiger partial charge in [-0.05, 0) is 42.7 Å². The second kappa shape index (κ2) is 15.3. The van der Waals surface area contributed by atoms with Crippen LogP contribution in [0, 0.1) is 0 Å². The highest BCUT2D eigenvalue weighted by atomic mass is 19.4. The van der Waals surface area contributed by atoms with E-state index in [2.05, 4.69) is 39.8 Å². The number of carboxylic acids is 1. The minimum absolute atomic E-state index is 0.00133. The topological polar surface area (TPSA) is 122 Å². The average Bonchev–Trinajstić information content (AvgIpc) is 2.97. The number of nitrogens with zero attached hydrogens (tertiary/aromatic N) is 3. The summed E-state index contributed by atoms with van der Waals surface area (Å²) in [5, 5.41) is 13.1. The third kappa shape index (κ3) is 10.1. The normalized spacial score (nSPS) is 16.1. The Labute approximate surface area is 242 Å². The zero-order valence-corrected chi connectivity index (χ0v) is 23.4. The molecule has 42 heavy (non-hydrogen) atoms. The number of hydrogen-bond acceptors (Lipinski definition) is 6. The van der Waals surface area contributed by atoms with Crippen molar-refractivity contribution >= 4 is 29.4 Å². The Bertz CT molecular complexity index is 1200. The Hall–Kier alpha value is -3.97. The number of carbonyl (C=O) groups excluding carboxylic acids is 3. The monoisotopic (exact) mass is 591 g/mol. The molecule has 0 aliphatic carbocycles. The summed E-state index contributed by atoms with van der Waals surface area (Å²) in [7, 11) is 0. The van der Waals surface area contributed by atoms with Crippen molar-refractivity contribution in [2.24, 2.45) is 0 Å².